The molecule has 0 aromatic heterocycles. The van der Waals surface area contributed by atoms with Crippen LogP contribution in [0.25, 0.3) is 0 Å². The SMILES string of the molecule is CC(C)N(CCCC(=O)O)S(=O)(=O)C(C)C#N. The Bertz CT molecular complexity index is 397. The predicted octanol–water partition coefficient (Wildman–Crippen LogP) is 0.803. The van der Waals surface area contributed by atoms with Crippen LogP contribution < -0.4 is 0 Å². The molecule has 1 unspecified atom stereocenters. The van der Waals surface area contributed by atoms with Gasteiger partial charge in [-0.05, 0) is 27.2 Å². The van der Waals surface area contributed by atoms with E-state index in [1.807, 2.05) is 0 Å². The smallest absolute Gasteiger partial charge is 0.303 e. The Morgan fingerprint density at radius 3 is 2.29 bits per heavy atom. The molecule has 0 aliphatic rings. The van der Waals surface area contributed by atoms with Crippen molar-refractivity contribution >= 4 is 16.0 Å². The maximum absolute atomic E-state index is 11.9. The number of nitrogens with zero attached hydrogens (tertiary/aromatic N) is 2. The summed E-state index contributed by atoms with van der Waals surface area (Å²) in [6.45, 7) is 4.84. The first-order valence-electron chi connectivity index (χ1n) is 5.35. The summed E-state index contributed by atoms with van der Waals surface area (Å²) in [5, 5.41) is 16.1. The van der Waals surface area contributed by atoms with Gasteiger partial charge in [-0.2, -0.15) is 9.57 Å². The summed E-state index contributed by atoms with van der Waals surface area (Å²) in [7, 11) is -3.67. The molecule has 1 atom stereocenters. The fraction of sp³-hybridized carbons (Fsp3) is 0.800. The minimum Gasteiger partial charge on any atom is -0.481 e. The van der Waals surface area contributed by atoms with E-state index in [4.69, 9.17) is 10.4 Å². The zero-order chi connectivity index (χ0) is 13.6. The summed E-state index contributed by atoms with van der Waals surface area (Å²) in [5.41, 5.74) is 0. The molecule has 0 spiro atoms. The van der Waals surface area contributed by atoms with E-state index in [9.17, 15) is 13.2 Å². The predicted molar refractivity (Wildman–Crippen MR) is 62.7 cm³/mol. The molecule has 0 heterocycles. The quantitative estimate of drug-likeness (QED) is 0.731. The summed E-state index contributed by atoms with van der Waals surface area (Å²) < 4.78 is 25.1. The fourth-order valence-corrected chi connectivity index (χ4v) is 2.85. The number of nitriles is 1. The molecule has 7 heteroatoms. The molecular formula is C10H18N2O4S. The Morgan fingerprint density at radius 2 is 1.94 bits per heavy atom. The van der Waals surface area contributed by atoms with Crippen LogP contribution in [0.1, 0.15) is 33.6 Å². The fourth-order valence-electron chi connectivity index (χ4n) is 1.34. The van der Waals surface area contributed by atoms with E-state index in [0.717, 1.165) is 0 Å². The highest BCUT2D eigenvalue weighted by Crippen LogP contribution is 2.13. The molecule has 0 aliphatic heterocycles. The second-order valence-corrected chi connectivity index (χ2v) is 6.22. The summed E-state index contributed by atoms with van der Waals surface area (Å²) in [6, 6.07) is 1.41. The molecule has 0 amide bonds. The molecule has 6 nitrogen and oxygen atoms in total. The van der Waals surface area contributed by atoms with Gasteiger partial charge in [-0.3, -0.25) is 4.79 Å². The summed E-state index contributed by atoms with van der Waals surface area (Å²) in [4.78, 5) is 10.4. The molecule has 0 aromatic rings. The number of hydrogen-bond acceptors (Lipinski definition) is 4. The van der Waals surface area contributed by atoms with Crippen molar-refractivity contribution in [2.24, 2.45) is 0 Å². The van der Waals surface area contributed by atoms with E-state index >= 15 is 0 Å². The van der Waals surface area contributed by atoms with Gasteiger partial charge in [0.25, 0.3) is 0 Å². The van der Waals surface area contributed by atoms with Crippen LogP contribution in [0.3, 0.4) is 0 Å². The molecule has 1 N–H and O–H groups in total. The maximum Gasteiger partial charge on any atom is 0.303 e. The molecule has 0 saturated heterocycles. The van der Waals surface area contributed by atoms with Gasteiger partial charge in [0.15, 0.2) is 5.25 Å². The number of carbonyl (C=O) groups is 1. The molecule has 0 aromatic carbocycles. The van der Waals surface area contributed by atoms with Gasteiger partial charge in [0.1, 0.15) is 0 Å². The topological polar surface area (TPSA) is 98.5 Å². The minimum atomic E-state index is -3.67. The van der Waals surface area contributed by atoms with Crippen molar-refractivity contribution < 1.29 is 18.3 Å². The van der Waals surface area contributed by atoms with Crippen LogP contribution in [0.15, 0.2) is 0 Å². The Kier molecular flexibility index (Phi) is 6.13. The minimum absolute atomic E-state index is 0.0837. The Hall–Kier alpha value is -1.13. The van der Waals surface area contributed by atoms with Gasteiger partial charge in [-0.1, -0.05) is 0 Å². The highest BCUT2D eigenvalue weighted by Gasteiger charge is 2.30. The van der Waals surface area contributed by atoms with Crippen molar-refractivity contribution in [3.8, 4) is 6.07 Å². The van der Waals surface area contributed by atoms with Gasteiger partial charge in [0.05, 0.1) is 6.07 Å². The first-order valence-corrected chi connectivity index (χ1v) is 6.85. The van der Waals surface area contributed by atoms with Gasteiger partial charge in [0, 0.05) is 19.0 Å². The van der Waals surface area contributed by atoms with Gasteiger partial charge in [-0.15, -0.1) is 0 Å². The van der Waals surface area contributed by atoms with Crippen molar-refractivity contribution in [3.63, 3.8) is 0 Å². The average molecular weight is 262 g/mol. The van der Waals surface area contributed by atoms with E-state index in [1.54, 1.807) is 19.9 Å². The number of carboxylic acid groups (broad SMARTS) is 1. The van der Waals surface area contributed by atoms with Crippen molar-refractivity contribution in [1.29, 1.82) is 5.26 Å². The molecule has 17 heavy (non-hydrogen) atoms. The standard InChI is InChI=1S/C10H18N2O4S/c1-8(2)12(6-4-5-10(13)14)17(15,16)9(3)7-11/h8-9H,4-6H2,1-3H3,(H,13,14). The lowest BCUT2D eigenvalue weighted by Crippen LogP contribution is -2.42. The zero-order valence-corrected chi connectivity index (χ0v) is 11.1. The number of sulfonamides is 1. The van der Waals surface area contributed by atoms with Crippen LogP contribution in [-0.4, -0.2) is 41.6 Å². The second-order valence-electron chi connectivity index (χ2n) is 4.02. The third-order valence-corrected chi connectivity index (χ3v) is 4.56. The highest BCUT2D eigenvalue weighted by molar-refractivity contribution is 7.90. The van der Waals surface area contributed by atoms with Crippen molar-refractivity contribution in [2.75, 3.05) is 6.54 Å². The third-order valence-electron chi connectivity index (χ3n) is 2.30. The molecular weight excluding hydrogens is 244 g/mol. The third kappa shape index (κ3) is 4.71. The first kappa shape index (κ1) is 15.9. The molecule has 0 radical (unpaired) electrons. The average Bonchev–Trinajstić information content (AvgIpc) is 2.21. The number of hydrogen-bond donors (Lipinski definition) is 1. The van der Waals surface area contributed by atoms with Crippen LogP contribution in [0.4, 0.5) is 0 Å². The first-order chi connectivity index (χ1) is 7.73. The van der Waals surface area contributed by atoms with Crippen LogP contribution in [0.5, 0.6) is 0 Å². The summed E-state index contributed by atoms with van der Waals surface area (Å²) in [5.74, 6) is -0.959. The Balaban J connectivity index is 4.76. The molecule has 0 rings (SSSR count). The monoisotopic (exact) mass is 262 g/mol. The normalized spacial score (nSPS) is 13.6. The largest absolute Gasteiger partial charge is 0.481 e. The second kappa shape index (κ2) is 6.57. The molecule has 0 saturated carbocycles. The number of rotatable bonds is 7. The van der Waals surface area contributed by atoms with Crippen molar-refractivity contribution in [3.05, 3.63) is 0 Å². The van der Waals surface area contributed by atoms with Gasteiger partial charge in [-0.25, -0.2) is 8.42 Å². The van der Waals surface area contributed by atoms with E-state index in [-0.39, 0.29) is 25.4 Å². The van der Waals surface area contributed by atoms with Crippen molar-refractivity contribution in [2.45, 2.75) is 44.9 Å². The summed E-state index contributed by atoms with van der Waals surface area (Å²) >= 11 is 0. The Labute approximate surface area is 102 Å². The molecule has 98 valence electrons. The number of carboxylic acids is 1. The highest BCUT2D eigenvalue weighted by atomic mass is 32.2. The summed E-state index contributed by atoms with van der Waals surface area (Å²) in [6.07, 6.45) is 0.157. The molecule has 0 bridgehead atoms. The van der Waals surface area contributed by atoms with Crippen LogP contribution in [0, 0.1) is 11.3 Å². The van der Waals surface area contributed by atoms with E-state index in [2.05, 4.69) is 0 Å². The zero-order valence-electron chi connectivity index (χ0n) is 10.3. The van der Waals surface area contributed by atoms with Crippen molar-refractivity contribution in [1.82, 2.24) is 4.31 Å². The van der Waals surface area contributed by atoms with Crippen LogP contribution in [-0.2, 0) is 14.8 Å². The van der Waals surface area contributed by atoms with E-state index in [0.29, 0.717) is 0 Å². The van der Waals surface area contributed by atoms with Crippen LogP contribution >= 0.6 is 0 Å². The van der Waals surface area contributed by atoms with E-state index in [1.165, 1.54) is 11.2 Å². The lowest BCUT2D eigenvalue weighted by atomic mass is 10.3. The van der Waals surface area contributed by atoms with E-state index < -0.39 is 21.2 Å². The molecule has 0 aliphatic carbocycles. The maximum atomic E-state index is 11.9. The van der Waals surface area contributed by atoms with Gasteiger partial charge < -0.3 is 5.11 Å². The Morgan fingerprint density at radius 1 is 1.41 bits per heavy atom. The number of aliphatic carboxylic acids is 1. The lowest BCUT2D eigenvalue weighted by Gasteiger charge is -2.26. The van der Waals surface area contributed by atoms with Gasteiger partial charge in [0.2, 0.25) is 10.0 Å². The lowest BCUT2D eigenvalue weighted by molar-refractivity contribution is -0.137. The van der Waals surface area contributed by atoms with Gasteiger partial charge >= 0.3 is 5.97 Å². The van der Waals surface area contributed by atoms with Crippen LogP contribution in [0.2, 0.25) is 0 Å². The molecule has 0 fully saturated rings.